The van der Waals surface area contributed by atoms with Gasteiger partial charge in [-0.05, 0) is 66.1 Å². The van der Waals surface area contributed by atoms with Gasteiger partial charge in [0.2, 0.25) is 0 Å². The molecule has 5 rings (SSSR count). The molecule has 1 aromatic heterocycles. The summed E-state index contributed by atoms with van der Waals surface area (Å²) < 4.78 is 6.12. The van der Waals surface area contributed by atoms with E-state index in [2.05, 4.69) is 83.7 Å². The Morgan fingerprint density at radius 2 is 1.83 bits per heavy atom. The highest BCUT2D eigenvalue weighted by atomic mass is 16.5. The van der Waals surface area contributed by atoms with Crippen molar-refractivity contribution in [1.82, 2.24) is 14.8 Å². The molecule has 1 fully saturated rings. The number of hydrogen-bond acceptors (Lipinski definition) is 4. The number of amides is 1. The second-order valence-corrected chi connectivity index (χ2v) is 9.77. The van der Waals surface area contributed by atoms with Gasteiger partial charge in [0.25, 0.3) is 5.91 Å². The first-order chi connectivity index (χ1) is 17.7. The van der Waals surface area contributed by atoms with Gasteiger partial charge in [0, 0.05) is 44.5 Å². The average molecular weight is 480 g/mol. The summed E-state index contributed by atoms with van der Waals surface area (Å²) in [6.07, 6.45) is 5.41. The van der Waals surface area contributed by atoms with Crippen molar-refractivity contribution < 1.29 is 9.53 Å². The molecular weight excluding hydrogens is 446 g/mol. The fourth-order valence-corrected chi connectivity index (χ4v) is 5.05. The quantitative estimate of drug-likeness (QED) is 0.321. The van der Waals surface area contributed by atoms with Gasteiger partial charge in [0.05, 0.1) is 12.2 Å². The molecule has 1 unspecified atom stereocenters. The molecule has 5 nitrogen and oxygen atoms in total. The van der Waals surface area contributed by atoms with Crippen molar-refractivity contribution >= 4 is 16.7 Å². The van der Waals surface area contributed by atoms with Crippen molar-refractivity contribution in [3.63, 3.8) is 0 Å². The SMILES string of the molecule is CN(Cc1ccc(OCC2CCCN(C(=O)c3cccnc3)C2)cc1)Cc1cccc2ccccc12. The molecule has 1 aliphatic rings. The first-order valence-electron chi connectivity index (χ1n) is 12.7. The highest BCUT2D eigenvalue weighted by molar-refractivity contribution is 5.93. The third-order valence-electron chi connectivity index (χ3n) is 6.90. The van der Waals surface area contributed by atoms with E-state index >= 15 is 0 Å². The number of carbonyl (C=O) groups excluding carboxylic acids is 1. The van der Waals surface area contributed by atoms with Gasteiger partial charge in [-0.3, -0.25) is 14.7 Å². The van der Waals surface area contributed by atoms with Gasteiger partial charge in [-0.25, -0.2) is 0 Å². The van der Waals surface area contributed by atoms with Crippen molar-refractivity contribution in [2.24, 2.45) is 5.92 Å². The highest BCUT2D eigenvalue weighted by Gasteiger charge is 2.25. The minimum atomic E-state index is 0.0600. The summed E-state index contributed by atoms with van der Waals surface area (Å²) >= 11 is 0. The summed E-state index contributed by atoms with van der Waals surface area (Å²) in [4.78, 5) is 21.1. The van der Waals surface area contributed by atoms with Crippen LogP contribution in [0, 0.1) is 5.92 Å². The van der Waals surface area contributed by atoms with Gasteiger partial charge in [-0.2, -0.15) is 0 Å². The van der Waals surface area contributed by atoms with Crippen LogP contribution in [0.3, 0.4) is 0 Å². The lowest BCUT2D eigenvalue weighted by Crippen LogP contribution is -2.41. The Kier molecular flexibility index (Phi) is 7.58. The number of likely N-dealkylation sites (tertiary alicyclic amines) is 1. The molecule has 36 heavy (non-hydrogen) atoms. The van der Waals surface area contributed by atoms with Crippen molar-refractivity contribution in [3.05, 3.63) is 108 Å². The Bertz CT molecular complexity index is 1280. The molecule has 0 aliphatic carbocycles. The Morgan fingerprint density at radius 1 is 1.00 bits per heavy atom. The van der Waals surface area contributed by atoms with Gasteiger partial charge in [-0.15, -0.1) is 0 Å². The molecule has 0 bridgehead atoms. The van der Waals surface area contributed by atoms with Crippen LogP contribution in [0.25, 0.3) is 10.8 Å². The molecule has 4 aromatic rings. The van der Waals surface area contributed by atoms with Gasteiger partial charge >= 0.3 is 0 Å². The van der Waals surface area contributed by atoms with E-state index in [9.17, 15) is 4.79 Å². The zero-order chi connectivity index (χ0) is 24.7. The van der Waals surface area contributed by atoms with Crippen molar-refractivity contribution in [1.29, 1.82) is 0 Å². The van der Waals surface area contributed by atoms with Crippen LogP contribution in [-0.4, -0.2) is 47.4 Å². The summed E-state index contributed by atoms with van der Waals surface area (Å²) in [5.74, 6) is 1.28. The molecular formula is C31H33N3O2. The predicted octanol–water partition coefficient (Wildman–Crippen LogP) is 5.80. The topological polar surface area (TPSA) is 45.7 Å². The molecule has 5 heteroatoms. The van der Waals surface area contributed by atoms with Crippen LogP contribution in [0.1, 0.15) is 34.3 Å². The normalized spacial score (nSPS) is 15.8. The fraction of sp³-hybridized carbons (Fsp3) is 0.290. The number of piperidine rings is 1. The fourth-order valence-electron chi connectivity index (χ4n) is 5.05. The monoisotopic (exact) mass is 479 g/mol. The van der Waals surface area contributed by atoms with Crippen molar-refractivity contribution in [2.45, 2.75) is 25.9 Å². The Morgan fingerprint density at radius 3 is 2.67 bits per heavy atom. The van der Waals surface area contributed by atoms with E-state index in [1.54, 1.807) is 12.4 Å². The van der Waals surface area contributed by atoms with Gasteiger partial charge in [-0.1, -0.05) is 54.6 Å². The zero-order valence-electron chi connectivity index (χ0n) is 20.8. The predicted molar refractivity (Wildman–Crippen MR) is 144 cm³/mol. The molecule has 0 saturated carbocycles. The number of ether oxygens (including phenoxy) is 1. The molecule has 3 aromatic carbocycles. The number of aromatic nitrogens is 1. The van der Waals surface area contributed by atoms with E-state index in [1.165, 1.54) is 21.9 Å². The lowest BCUT2D eigenvalue weighted by atomic mass is 9.98. The van der Waals surface area contributed by atoms with Crippen LogP contribution in [0.15, 0.2) is 91.3 Å². The van der Waals surface area contributed by atoms with E-state index in [4.69, 9.17) is 4.74 Å². The smallest absolute Gasteiger partial charge is 0.255 e. The maximum absolute atomic E-state index is 12.8. The Balaban J connectivity index is 1.12. The van der Waals surface area contributed by atoms with Crippen LogP contribution in [0.4, 0.5) is 0 Å². The van der Waals surface area contributed by atoms with E-state index in [0.717, 1.165) is 44.8 Å². The molecule has 0 spiro atoms. The van der Waals surface area contributed by atoms with Crippen LogP contribution < -0.4 is 4.74 Å². The Hall–Kier alpha value is -3.70. The van der Waals surface area contributed by atoms with Crippen LogP contribution in [-0.2, 0) is 13.1 Å². The lowest BCUT2D eigenvalue weighted by Gasteiger charge is -2.32. The number of nitrogens with zero attached hydrogens (tertiary/aromatic N) is 3. The second kappa shape index (κ2) is 11.4. The first kappa shape index (κ1) is 24.0. The number of rotatable bonds is 8. The number of carbonyl (C=O) groups is 1. The first-order valence-corrected chi connectivity index (χ1v) is 12.7. The Labute approximate surface area is 213 Å². The van der Waals surface area contributed by atoms with Gasteiger partial charge in [0.15, 0.2) is 0 Å². The summed E-state index contributed by atoms with van der Waals surface area (Å²) in [6.45, 7) is 3.92. The maximum atomic E-state index is 12.8. The van der Waals surface area contributed by atoms with E-state index in [0.29, 0.717) is 18.1 Å². The van der Waals surface area contributed by atoms with Gasteiger partial charge < -0.3 is 9.64 Å². The van der Waals surface area contributed by atoms with Crippen molar-refractivity contribution in [2.75, 3.05) is 26.7 Å². The number of pyridine rings is 1. The minimum Gasteiger partial charge on any atom is -0.493 e. The molecule has 1 saturated heterocycles. The summed E-state index contributed by atoms with van der Waals surface area (Å²) in [7, 11) is 2.16. The lowest BCUT2D eigenvalue weighted by molar-refractivity contribution is 0.0633. The largest absolute Gasteiger partial charge is 0.493 e. The summed E-state index contributed by atoms with van der Waals surface area (Å²) in [5, 5.41) is 2.60. The molecule has 184 valence electrons. The molecule has 2 heterocycles. The molecule has 1 amide bonds. The maximum Gasteiger partial charge on any atom is 0.255 e. The second-order valence-electron chi connectivity index (χ2n) is 9.77. The molecule has 0 N–H and O–H groups in total. The number of hydrogen-bond donors (Lipinski definition) is 0. The van der Waals surface area contributed by atoms with E-state index in [1.807, 2.05) is 17.0 Å². The standard InChI is InChI=1S/C31H33N3O2/c1-33(22-28-10-4-9-26-8-2-3-12-30(26)28)20-24-13-15-29(16-14-24)36-23-25-7-6-18-34(21-25)31(35)27-11-5-17-32-19-27/h2-5,8-17,19,25H,6-7,18,20-23H2,1H3. The molecule has 1 atom stereocenters. The van der Waals surface area contributed by atoms with E-state index in [-0.39, 0.29) is 5.91 Å². The molecule has 1 aliphatic heterocycles. The minimum absolute atomic E-state index is 0.0600. The van der Waals surface area contributed by atoms with Gasteiger partial charge in [0.1, 0.15) is 5.75 Å². The third kappa shape index (κ3) is 5.92. The van der Waals surface area contributed by atoms with E-state index < -0.39 is 0 Å². The number of fused-ring (bicyclic) bond motifs is 1. The van der Waals surface area contributed by atoms with Crippen LogP contribution >= 0.6 is 0 Å². The third-order valence-corrected chi connectivity index (χ3v) is 6.90. The number of benzene rings is 3. The highest BCUT2D eigenvalue weighted by Crippen LogP contribution is 2.23. The molecule has 0 radical (unpaired) electrons. The zero-order valence-corrected chi connectivity index (χ0v) is 20.8. The summed E-state index contributed by atoms with van der Waals surface area (Å²) in [5.41, 5.74) is 3.26. The van der Waals surface area contributed by atoms with Crippen LogP contribution in [0.2, 0.25) is 0 Å². The van der Waals surface area contributed by atoms with Crippen LogP contribution in [0.5, 0.6) is 5.75 Å². The average Bonchev–Trinajstić information content (AvgIpc) is 2.93. The summed E-state index contributed by atoms with van der Waals surface area (Å²) in [6, 6.07) is 27.1. The van der Waals surface area contributed by atoms with Crippen molar-refractivity contribution in [3.8, 4) is 5.75 Å².